The van der Waals surface area contributed by atoms with Crippen LogP contribution in [-0.2, 0) is 4.18 Å². The Morgan fingerprint density at radius 3 is 2.82 bits per heavy atom. The molecule has 6 heteroatoms. The van der Waals surface area contributed by atoms with Gasteiger partial charge in [0, 0.05) is 22.3 Å². The Kier molecular flexibility index (Phi) is 3.56. The Bertz CT molecular complexity index is 561. The zero-order valence-electron chi connectivity index (χ0n) is 9.10. The molecule has 0 radical (unpaired) electrons. The van der Waals surface area contributed by atoms with Crippen LogP contribution in [0.15, 0.2) is 29.2 Å². The summed E-state index contributed by atoms with van der Waals surface area (Å²) in [6.07, 6.45) is 0. The van der Waals surface area contributed by atoms with Crippen LogP contribution in [0.4, 0.5) is 11.4 Å². The van der Waals surface area contributed by atoms with Crippen molar-refractivity contribution >= 4 is 47.0 Å². The van der Waals surface area contributed by atoms with E-state index >= 15 is 0 Å². The quantitative estimate of drug-likeness (QED) is 0.391. The van der Waals surface area contributed by atoms with Gasteiger partial charge >= 0.3 is 0 Å². The van der Waals surface area contributed by atoms with Crippen LogP contribution in [0.1, 0.15) is 0 Å². The molecule has 17 heavy (non-hydrogen) atoms. The maximum atomic E-state index is 9.98. The van der Waals surface area contributed by atoms with Crippen molar-refractivity contribution in [2.75, 3.05) is 17.6 Å². The maximum Gasteiger partial charge on any atom is 0.126 e. The van der Waals surface area contributed by atoms with Crippen molar-refractivity contribution in [3.05, 3.63) is 24.3 Å². The molecule has 2 aromatic rings. The highest BCUT2D eigenvalue weighted by atomic mass is 32.2. The minimum Gasteiger partial charge on any atom is -0.507 e. The summed E-state index contributed by atoms with van der Waals surface area (Å²) < 4.78 is 7.64. The summed E-state index contributed by atoms with van der Waals surface area (Å²) in [5.74, 6) is 0.130. The van der Waals surface area contributed by atoms with Gasteiger partial charge in [-0.25, -0.2) is 0 Å². The fourth-order valence-corrected chi connectivity index (χ4v) is 2.41. The molecule has 0 saturated heterocycles. The third-order valence-corrected chi connectivity index (χ3v) is 3.25. The van der Waals surface area contributed by atoms with Gasteiger partial charge in [-0.1, -0.05) is 18.9 Å². The molecule has 0 amide bonds. The highest BCUT2D eigenvalue weighted by Gasteiger charge is 2.10. The monoisotopic (exact) mass is 268 g/mol. The van der Waals surface area contributed by atoms with Gasteiger partial charge in [0.1, 0.15) is 5.75 Å². The molecule has 0 aliphatic carbocycles. The smallest absolute Gasteiger partial charge is 0.126 e. The van der Waals surface area contributed by atoms with Crippen LogP contribution >= 0.6 is 24.9 Å². The second-order valence-corrected chi connectivity index (χ2v) is 4.62. The molecule has 4 nitrogen and oxygen atoms in total. The van der Waals surface area contributed by atoms with Crippen LogP contribution in [0.5, 0.6) is 5.75 Å². The molecule has 0 aromatic heterocycles. The van der Waals surface area contributed by atoms with Gasteiger partial charge in [-0.15, -0.1) is 0 Å². The second-order valence-electron chi connectivity index (χ2n) is 3.43. The molecular formula is C11H12N2O2S2. The number of hydrogen-bond acceptors (Lipinski definition) is 6. The number of benzene rings is 2. The second kappa shape index (κ2) is 4.95. The molecule has 2 rings (SSSR count). The Balaban J connectivity index is 2.68. The lowest BCUT2D eigenvalue weighted by atomic mass is 10.1. The molecule has 0 fully saturated rings. The fourth-order valence-electron chi connectivity index (χ4n) is 1.69. The summed E-state index contributed by atoms with van der Waals surface area (Å²) in [7, 11) is 1.58. The van der Waals surface area contributed by atoms with Gasteiger partial charge in [-0.2, -0.15) is 0 Å². The molecule has 2 aromatic carbocycles. The van der Waals surface area contributed by atoms with Crippen molar-refractivity contribution in [2.24, 2.45) is 0 Å². The summed E-state index contributed by atoms with van der Waals surface area (Å²) in [5, 5.41) is 11.4. The van der Waals surface area contributed by atoms with Gasteiger partial charge in [-0.3, -0.25) is 0 Å². The number of anilines is 2. The number of fused-ring (bicyclic) bond motifs is 1. The van der Waals surface area contributed by atoms with E-state index in [0.717, 1.165) is 10.3 Å². The molecule has 0 bridgehead atoms. The van der Waals surface area contributed by atoms with Gasteiger partial charge in [0.15, 0.2) is 0 Å². The van der Waals surface area contributed by atoms with Crippen molar-refractivity contribution < 1.29 is 9.29 Å². The molecule has 0 saturated carbocycles. The highest BCUT2D eigenvalue weighted by Crippen LogP contribution is 2.38. The normalized spacial score (nSPS) is 10.7. The lowest BCUT2D eigenvalue weighted by Crippen LogP contribution is -1.93. The summed E-state index contributed by atoms with van der Waals surface area (Å²) in [6, 6.07) is 7.20. The number of aromatic hydroxyl groups is 1. The molecule has 0 aliphatic heterocycles. The number of rotatable bonds is 3. The molecule has 4 N–H and O–H groups in total. The van der Waals surface area contributed by atoms with Crippen LogP contribution in [0.2, 0.25) is 0 Å². The van der Waals surface area contributed by atoms with Gasteiger partial charge in [-0.05, 0) is 23.6 Å². The third kappa shape index (κ3) is 2.24. The fraction of sp³-hybridized carbons (Fsp3) is 0.0909. The van der Waals surface area contributed by atoms with E-state index in [2.05, 4.69) is 17.5 Å². The van der Waals surface area contributed by atoms with Crippen LogP contribution in [0.3, 0.4) is 0 Å². The minimum absolute atomic E-state index is 0.130. The van der Waals surface area contributed by atoms with Crippen LogP contribution in [0, 0.1) is 0 Å². The summed E-state index contributed by atoms with van der Waals surface area (Å²) in [4.78, 5) is 0.823. The average molecular weight is 268 g/mol. The number of hydrogen-bond donors (Lipinski definition) is 4. The molecule has 0 spiro atoms. The van der Waals surface area contributed by atoms with Crippen molar-refractivity contribution in [1.29, 1.82) is 0 Å². The first-order valence-electron chi connectivity index (χ1n) is 4.83. The molecule has 0 atom stereocenters. The first-order valence-corrected chi connectivity index (χ1v) is 6.02. The van der Waals surface area contributed by atoms with Crippen molar-refractivity contribution in [3.8, 4) is 5.75 Å². The van der Waals surface area contributed by atoms with E-state index in [9.17, 15) is 5.11 Å². The third-order valence-electron chi connectivity index (χ3n) is 2.41. The zero-order chi connectivity index (χ0) is 12.4. The topological polar surface area (TPSA) is 67.5 Å². The Labute approximate surface area is 109 Å². The maximum absolute atomic E-state index is 9.98. The van der Waals surface area contributed by atoms with Crippen LogP contribution in [-0.4, -0.2) is 12.2 Å². The molecule has 90 valence electrons. The van der Waals surface area contributed by atoms with Gasteiger partial charge in [0.2, 0.25) is 0 Å². The van der Waals surface area contributed by atoms with E-state index in [-0.39, 0.29) is 5.75 Å². The molecular weight excluding hydrogens is 256 g/mol. The summed E-state index contributed by atoms with van der Waals surface area (Å²) in [5.41, 5.74) is 7.09. The number of nitrogens with two attached hydrogens (primary N) is 1. The van der Waals surface area contributed by atoms with Crippen molar-refractivity contribution in [3.63, 3.8) is 0 Å². The predicted molar refractivity (Wildman–Crippen MR) is 75.5 cm³/mol. The van der Waals surface area contributed by atoms with E-state index in [1.807, 2.05) is 18.2 Å². The first-order chi connectivity index (χ1) is 8.17. The lowest BCUT2D eigenvalue weighted by Gasteiger charge is -2.10. The molecule has 0 unspecified atom stereocenters. The standard InChI is InChI=1S/C11H12N2O2S2/c1-15-17-7-4-6-2-3-8(13-16)11(12)10(6)9(14)5-7/h2-5,13-14,16H,12H2,1H3. The van der Waals surface area contributed by atoms with E-state index in [0.29, 0.717) is 16.8 Å². The average Bonchev–Trinajstić information content (AvgIpc) is 2.29. The number of nitrogens with one attached hydrogen (secondary N) is 1. The number of phenols is 1. The Hall–Kier alpha value is -1.24. The Morgan fingerprint density at radius 2 is 2.18 bits per heavy atom. The van der Waals surface area contributed by atoms with E-state index in [1.54, 1.807) is 13.2 Å². The largest absolute Gasteiger partial charge is 0.507 e. The zero-order valence-corrected chi connectivity index (χ0v) is 10.8. The van der Waals surface area contributed by atoms with Gasteiger partial charge < -0.3 is 19.7 Å². The minimum atomic E-state index is 0.130. The number of phenolic OH excluding ortho intramolecular Hbond substituents is 1. The van der Waals surface area contributed by atoms with E-state index < -0.39 is 0 Å². The predicted octanol–water partition coefficient (Wildman–Crippen LogP) is 3.04. The van der Waals surface area contributed by atoms with E-state index in [1.165, 1.54) is 12.0 Å². The number of thiol groups is 1. The summed E-state index contributed by atoms with van der Waals surface area (Å²) in [6.45, 7) is 0. The molecule has 0 aliphatic rings. The lowest BCUT2D eigenvalue weighted by molar-refractivity contribution is 0.477. The number of nitrogen functional groups attached to an aromatic ring is 1. The summed E-state index contributed by atoms with van der Waals surface area (Å²) >= 11 is 5.15. The van der Waals surface area contributed by atoms with Crippen molar-refractivity contribution in [1.82, 2.24) is 0 Å². The van der Waals surface area contributed by atoms with Gasteiger partial charge in [0.05, 0.1) is 18.5 Å². The molecule has 0 heterocycles. The van der Waals surface area contributed by atoms with Crippen LogP contribution in [0.25, 0.3) is 10.8 Å². The highest BCUT2D eigenvalue weighted by molar-refractivity contribution is 7.94. The van der Waals surface area contributed by atoms with Gasteiger partial charge in [0.25, 0.3) is 0 Å². The Morgan fingerprint density at radius 1 is 1.41 bits per heavy atom. The SMILES string of the molecule is COSc1cc(O)c2c(N)c(NS)ccc2c1. The van der Waals surface area contributed by atoms with Crippen LogP contribution < -0.4 is 10.5 Å². The first kappa shape index (κ1) is 12.2. The van der Waals surface area contributed by atoms with Crippen molar-refractivity contribution in [2.45, 2.75) is 4.90 Å². The van der Waals surface area contributed by atoms with E-state index in [4.69, 9.17) is 9.92 Å².